The van der Waals surface area contributed by atoms with E-state index in [0.29, 0.717) is 6.54 Å². The van der Waals surface area contributed by atoms with Crippen LogP contribution in [0.5, 0.6) is 0 Å². The molecule has 0 bridgehead atoms. The number of benzene rings is 1. The molecule has 0 spiro atoms. The van der Waals surface area contributed by atoms with Crippen molar-refractivity contribution in [2.24, 2.45) is 11.8 Å². The Labute approximate surface area is 158 Å². The van der Waals surface area contributed by atoms with Crippen molar-refractivity contribution in [2.45, 2.75) is 33.2 Å². The fourth-order valence-corrected chi connectivity index (χ4v) is 3.05. The number of nitrogens with one attached hydrogen (secondary N) is 2. The normalized spacial score (nSPS) is 18.9. The molecule has 138 valence electrons. The maximum atomic E-state index is 12.0. The van der Waals surface area contributed by atoms with E-state index >= 15 is 0 Å². The van der Waals surface area contributed by atoms with Crippen molar-refractivity contribution >= 4 is 36.4 Å². The Bertz CT molecular complexity index is 482. The fraction of sp³-hybridized carbons (Fsp3) is 0.611. The van der Waals surface area contributed by atoms with Crippen LogP contribution >= 0.6 is 24.8 Å². The highest BCUT2D eigenvalue weighted by Gasteiger charge is 2.16. The summed E-state index contributed by atoms with van der Waals surface area (Å²) < 4.78 is 0. The molecule has 1 aliphatic heterocycles. The van der Waals surface area contributed by atoms with Crippen molar-refractivity contribution in [2.75, 3.05) is 32.0 Å². The second-order valence-corrected chi connectivity index (χ2v) is 6.63. The number of hydrogen-bond donors (Lipinski definition) is 2. The van der Waals surface area contributed by atoms with Crippen molar-refractivity contribution in [3.8, 4) is 0 Å². The summed E-state index contributed by atoms with van der Waals surface area (Å²) in [4.78, 5) is 14.5. The predicted octanol–water partition coefficient (Wildman–Crippen LogP) is 3.56. The SMILES string of the molecule is CNCC(C)C(=O)Nc1ccc(CN2CCCC(C)C2)cc1.Cl.Cl. The molecule has 1 saturated heterocycles. The molecule has 2 atom stereocenters. The highest BCUT2D eigenvalue weighted by Crippen LogP contribution is 2.19. The number of likely N-dealkylation sites (tertiary alicyclic amines) is 1. The van der Waals surface area contributed by atoms with Gasteiger partial charge in [0.15, 0.2) is 0 Å². The molecule has 1 amide bonds. The van der Waals surface area contributed by atoms with Crippen LogP contribution in [0, 0.1) is 11.8 Å². The minimum Gasteiger partial charge on any atom is -0.326 e. The number of nitrogens with zero attached hydrogens (tertiary/aromatic N) is 1. The topological polar surface area (TPSA) is 44.4 Å². The average molecular weight is 376 g/mol. The summed E-state index contributed by atoms with van der Waals surface area (Å²) in [7, 11) is 1.86. The molecule has 1 aromatic carbocycles. The Balaban J connectivity index is 0.00000264. The van der Waals surface area contributed by atoms with Crippen molar-refractivity contribution in [3.05, 3.63) is 29.8 Å². The second-order valence-electron chi connectivity index (χ2n) is 6.63. The van der Waals surface area contributed by atoms with Crippen LogP contribution in [0.2, 0.25) is 0 Å². The van der Waals surface area contributed by atoms with Gasteiger partial charge >= 0.3 is 0 Å². The third-order valence-electron chi connectivity index (χ3n) is 4.33. The molecule has 0 aliphatic carbocycles. The first-order chi connectivity index (χ1) is 10.6. The Morgan fingerprint density at radius 2 is 1.96 bits per heavy atom. The zero-order chi connectivity index (χ0) is 15.9. The fourth-order valence-electron chi connectivity index (χ4n) is 3.05. The lowest BCUT2D eigenvalue weighted by Gasteiger charge is -2.30. The molecule has 0 radical (unpaired) electrons. The molecule has 1 aliphatic rings. The van der Waals surface area contributed by atoms with E-state index in [1.807, 2.05) is 26.1 Å². The van der Waals surface area contributed by atoms with E-state index in [9.17, 15) is 4.79 Å². The van der Waals surface area contributed by atoms with Gasteiger partial charge in [0.1, 0.15) is 0 Å². The molecule has 0 aromatic heterocycles. The molecular weight excluding hydrogens is 345 g/mol. The number of carbonyl (C=O) groups is 1. The molecule has 1 fully saturated rings. The van der Waals surface area contributed by atoms with Crippen molar-refractivity contribution in [3.63, 3.8) is 0 Å². The van der Waals surface area contributed by atoms with Gasteiger partial charge in [-0.25, -0.2) is 0 Å². The summed E-state index contributed by atoms with van der Waals surface area (Å²) in [5.41, 5.74) is 2.19. The van der Waals surface area contributed by atoms with E-state index in [1.165, 1.54) is 31.5 Å². The summed E-state index contributed by atoms with van der Waals surface area (Å²) in [6, 6.07) is 8.26. The van der Waals surface area contributed by atoms with E-state index in [0.717, 1.165) is 18.2 Å². The van der Waals surface area contributed by atoms with E-state index in [4.69, 9.17) is 0 Å². The number of piperidine rings is 1. The third-order valence-corrected chi connectivity index (χ3v) is 4.33. The predicted molar refractivity (Wildman–Crippen MR) is 106 cm³/mol. The van der Waals surface area contributed by atoms with Crippen LogP contribution in [0.1, 0.15) is 32.3 Å². The van der Waals surface area contributed by atoms with Crippen LogP contribution in [0.25, 0.3) is 0 Å². The number of anilines is 1. The minimum absolute atomic E-state index is 0. The number of amides is 1. The second kappa shape index (κ2) is 11.7. The number of rotatable bonds is 6. The highest BCUT2D eigenvalue weighted by molar-refractivity contribution is 5.92. The van der Waals surface area contributed by atoms with E-state index < -0.39 is 0 Å². The lowest BCUT2D eigenvalue weighted by Crippen LogP contribution is -2.33. The molecular formula is C18H31Cl2N3O. The number of carbonyl (C=O) groups excluding carboxylic acids is 1. The first kappa shape index (κ1) is 23.2. The lowest BCUT2D eigenvalue weighted by molar-refractivity contribution is -0.119. The summed E-state index contributed by atoms with van der Waals surface area (Å²) in [6.07, 6.45) is 2.66. The van der Waals surface area contributed by atoms with Crippen molar-refractivity contribution in [1.82, 2.24) is 10.2 Å². The minimum atomic E-state index is -0.0282. The summed E-state index contributed by atoms with van der Waals surface area (Å²) >= 11 is 0. The quantitative estimate of drug-likeness (QED) is 0.798. The first-order valence-electron chi connectivity index (χ1n) is 8.35. The van der Waals surface area contributed by atoms with Crippen molar-refractivity contribution in [1.29, 1.82) is 0 Å². The molecule has 0 saturated carbocycles. The Morgan fingerprint density at radius 1 is 1.29 bits per heavy atom. The van der Waals surface area contributed by atoms with Gasteiger partial charge in [0.2, 0.25) is 5.91 Å². The standard InChI is InChI=1S/C18H29N3O.2ClH/c1-14-5-4-10-21(12-14)13-16-6-8-17(9-7-16)20-18(22)15(2)11-19-3;;/h6-9,14-15,19H,4-5,10-13H2,1-3H3,(H,20,22);2*1H. The van der Waals surface area contributed by atoms with Crippen LogP contribution in [0.4, 0.5) is 5.69 Å². The Hall–Kier alpha value is -0.810. The largest absolute Gasteiger partial charge is 0.326 e. The number of halogens is 2. The molecule has 1 aromatic rings. The molecule has 2 rings (SSSR count). The van der Waals surface area contributed by atoms with Gasteiger partial charge in [-0.3, -0.25) is 9.69 Å². The van der Waals surface area contributed by atoms with Gasteiger partial charge in [0, 0.05) is 31.2 Å². The van der Waals surface area contributed by atoms with Gasteiger partial charge in [0.25, 0.3) is 0 Å². The molecule has 2 unspecified atom stereocenters. The number of hydrogen-bond acceptors (Lipinski definition) is 3. The molecule has 1 heterocycles. The van der Waals surface area contributed by atoms with Crippen LogP contribution in [0.15, 0.2) is 24.3 Å². The van der Waals surface area contributed by atoms with E-state index in [-0.39, 0.29) is 36.6 Å². The average Bonchev–Trinajstić information content (AvgIpc) is 2.49. The van der Waals surface area contributed by atoms with Gasteiger partial charge in [0.05, 0.1) is 0 Å². The molecule has 6 heteroatoms. The molecule has 24 heavy (non-hydrogen) atoms. The highest BCUT2D eigenvalue weighted by atomic mass is 35.5. The van der Waals surface area contributed by atoms with Gasteiger partial charge < -0.3 is 10.6 Å². The maximum absolute atomic E-state index is 12.0. The van der Waals surface area contributed by atoms with Crippen LogP contribution in [0.3, 0.4) is 0 Å². The molecule has 2 N–H and O–H groups in total. The Kier molecular flexibility index (Phi) is 11.3. The van der Waals surface area contributed by atoms with Gasteiger partial charge in [-0.05, 0) is 50.0 Å². The maximum Gasteiger partial charge on any atom is 0.228 e. The zero-order valence-electron chi connectivity index (χ0n) is 14.9. The van der Waals surface area contributed by atoms with Crippen LogP contribution in [-0.4, -0.2) is 37.5 Å². The van der Waals surface area contributed by atoms with Gasteiger partial charge in [-0.2, -0.15) is 0 Å². The first-order valence-corrected chi connectivity index (χ1v) is 8.35. The lowest BCUT2D eigenvalue weighted by atomic mass is 10.00. The van der Waals surface area contributed by atoms with Crippen LogP contribution in [-0.2, 0) is 11.3 Å². The van der Waals surface area contributed by atoms with Gasteiger partial charge in [-0.1, -0.05) is 26.0 Å². The van der Waals surface area contributed by atoms with E-state index in [2.05, 4.69) is 34.6 Å². The van der Waals surface area contributed by atoms with Crippen LogP contribution < -0.4 is 10.6 Å². The molecule has 4 nitrogen and oxygen atoms in total. The Morgan fingerprint density at radius 3 is 2.54 bits per heavy atom. The monoisotopic (exact) mass is 375 g/mol. The summed E-state index contributed by atoms with van der Waals surface area (Å²) in [5.74, 6) is 0.840. The summed E-state index contributed by atoms with van der Waals surface area (Å²) in [6.45, 7) is 8.35. The van der Waals surface area contributed by atoms with Gasteiger partial charge in [-0.15, -0.1) is 24.8 Å². The smallest absolute Gasteiger partial charge is 0.228 e. The third kappa shape index (κ3) is 7.39. The zero-order valence-corrected chi connectivity index (χ0v) is 16.5. The van der Waals surface area contributed by atoms with E-state index in [1.54, 1.807) is 0 Å². The van der Waals surface area contributed by atoms with Crippen molar-refractivity contribution < 1.29 is 4.79 Å². The summed E-state index contributed by atoms with van der Waals surface area (Å²) in [5, 5.41) is 6.00.